The Morgan fingerprint density at radius 2 is 1.83 bits per heavy atom. The lowest BCUT2D eigenvalue weighted by molar-refractivity contribution is -0.120. The lowest BCUT2D eigenvalue weighted by Crippen LogP contribution is -2.36. The molecule has 0 radical (unpaired) electrons. The Labute approximate surface area is 149 Å². The standard InChI is InChI=1S/C18H19BrN2O3/c1-12-4-9-17(24-3)16(10-12)20-18(23)11-21(13(2)22)15-7-5-14(19)6-8-15/h4-10H,11H2,1-3H3,(H,20,23). The predicted octanol–water partition coefficient (Wildman–Crippen LogP) is 3.76. The van der Waals surface area contributed by atoms with Gasteiger partial charge in [-0.2, -0.15) is 0 Å². The van der Waals surface area contributed by atoms with Crippen LogP contribution in [0.25, 0.3) is 0 Å². The van der Waals surface area contributed by atoms with Crippen molar-refractivity contribution >= 4 is 39.1 Å². The molecule has 2 aromatic carbocycles. The average Bonchev–Trinajstić information content (AvgIpc) is 2.53. The quantitative estimate of drug-likeness (QED) is 0.845. The third kappa shape index (κ3) is 4.58. The van der Waals surface area contributed by atoms with Gasteiger partial charge in [-0.05, 0) is 48.9 Å². The molecule has 1 N–H and O–H groups in total. The number of rotatable bonds is 5. The maximum absolute atomic E-state index is 12.4. The van der Waals surface area contributed by atoms with Crippen LogP contribution in [0, 0.1) is 6.92 Å². The molecule has 24 heavy (non-hydrogen) atoms. The monoisotopic (exact) mass is 390 g/mol. The van der Waals surface area contributed by atoms with Gasteiger partial charge in [0.05, 0.1) is 12.8 Å². The van der Waals surface area contributed by atoms with Crippen LogP contribution in [0.15, 0.2) is 46.9 Å². The van der Waals surface area contributed by atoms with Crippen LogP contribution in [0.5, 0.6) is 5.75 Å². The number of halogens is 1. The van der Waals surface area contributed by atoms with E-state index < -0.39 is 0 Å². The molecular formula is C18H19BrN2O3. The van der Waals surface area contributed by atoms with Crippen molar-refractivity contribution in [3.63, 3.8) is 0 Å². The van der Waals surface area contributed by atoms with Crippen molar-refractivity contribution in [1.29, 1.82) is 0 Å². The summed E-state index contributed by atoms with van der Waals surface area (Å²) in [6, 6.07) is 12.7. The minimum absolute atomic E-state index is 0.0753. The first-order chi connectivity index (χ1) is 11.4. The van der Waals surface area contributed by atoms with E-state index in [1.807, 2.05) is 31.2 Å². The van der Waals surface area contributed by atoms with Crippen molar-refractivity contribution in [1.82, 2.24) is 0 Å². The van der Waals surface area contributed by atoms with Crippen LogP contribution in [0.3, 0.4) is 0 Å². The average molecular weight is 391 g/mol. The fourth-order valence-electron chi connectivity index (χ4n) is 2.26. The van der Waals surface area contributed by atoms with Gasteiger partial charge in [0.1, 0.15) is 12.3 Å². The van der Waals surface area contributed by atoms with E-state index in [2.05, 4.69) is 21.2 Å². The molecule has 0 saturated carbocycles. The second-order valence-corrected chi connectivity index (χ2v) is 6.25. The number of benzene rings is 2. The van der Waals surface area contributed by atoms with Crippen molar-refractivity contribution in [3.8, 4) is 5.75 Å². The van der Waals surface area contributed by atoms with E-state index in [-0.39, 0.29) is 18.4 Å². The van der Waals surface area contributed by atoms with Gasteiger partial charge < -0.3 is 15.0 Å². The van der Waals surface area contributed by atoms with Crippen molar-refractivity contribution in [2.45, 2.75) is 13.8 Å². The van der Waals surface area contributed by atoms with E-state index in [0.717, 1.165) is 10.0 Å². The van der Waals surface area contributed by atoms with E-state index in [1.54, 1.807) is 25.3 Å². The van der Waals surface area contributed by atoms with Gasteiger partial charge >= 0.3 is 0 Å². The van der Waals surface area contributed by atoms with Crippen molar-refractivity contribution < 1.29 is 14.3 Å². The van der Waals surface area contributed by atoms with Gasteiger partial charge in [0, 0.05) is 17.1 Å². The molecule has 0 aromatic heterocycles. The lowest BCUT2D eigenvalue weighted by atomic mass is 10.2. The van der Waals surface area contributed by atoms with Crippen LogP contribution in [0.2, 0.25) is 0 Å². The molecule has 2 aromatic rings. The molecule has 2 rings (SSSR count). The number of anilines is 2. The molecule has 6 heteroatoms. The highest BCUT2D eigenvalue weighted by atomic mass is 79.9. The minimum Gasteiger partial charge on any atom is -0.495 e. The Bertz CT molecular complexity index is 744. The molecule has 0 fully saturated rings. The summed E-state index contributed by atoms with van der Waals surface area (Å²) in [5.74, 6) is 0.0765. The molecule has 0 unspecified atom stereocenters. The first kappa shape index (κ1) is 18.0. The molecule has 0 aliphatic rings. The fraction of sp³-hybridized carbons (Fsp3) is 0.222. The third-order valence-corrected chi connectivity index (χ3v) is 3.98. The number of aryl methyl sites for hydroxylation is 1. The number of hydrogen-bond acceptors (Lipinski definition) is 3. The van der Waals surface area contributed by atoms with Crippen LogP contribution in [-0.4, -0.2) is 25.5 Å². The summed E-state index contributed by atoms with van der Waals surface area (Å²) in [6.07, 6.45) is 0. The zero-order valence-corrected chi connectivity index (χ0v) is 15.4. The number of nitrogens with one attached hydrogen (secondary N) is 1. The Balaban J connectivity index is 2.16. The Kier molecular flexibility index (Phi) is 5.98. The second-order valence-electron chi connectivity index (χ2n) is 5.33. The molecule has 0 aliphatic carbocycles. The highest BCUT2D eigenvalue weighted by Gasteiger charge is 2.17. The van der Waals surface area contributed by atoms with Crippen LogP contribution >= 0.6 is 15.9 Å². The van der Waals surface area contributed by atoms with Crippen molar-refractivity contribution in [3.05, 3.63) is 52.5 Å². The third-order valence-electron chi connectivity index (χ3n) is 3.45. The summed E-state index contributed by atoms with van der Waals surface area (Å²) in [7, 11) is 1.55. The molecule has 0 aliphatic heterocycles. The van der Waals surface area contributed by atoms with Crippen LogP contribution in [-0.2, 0) is 9.59 Å². The van der Waals surface area contributed by atoms with Gasteiger partial charge in [-0.15, -0.1) is 0 Å². The van der Waals surface area contributed by atoms with E-state index >= 15 is 0 Å². The molecule has 0 spiro atoms. The Morgan fingerprint density at radius 1 is 1.17 bits per heavy atom. The topological polar surface area (TPSA) is 58.6 Å². The summed E-state index contributed by atoms with van der Waals surface area (Å²) < 4.78 is 6.16. The zero-order valence-electron chi connectivity index (χ0n) is 13.8. The van der Waals surface area contributed by atoms with Gasteiger partial charge in [0.25, 0.3) is 0 Å². The molecule has 2 amide bonds. The smallest absolute Gasteiger partial charge is 0.244 e. The van der Waals surface area contributed by atoms with E-state index in [9.17, 15) is 9.59 Å². The van der Waals surface area contributed by atoms with Crippen molar-refractivity contribution in [2.75, 3.05) is 23.9 Å². The number of amides is 2. The molecule has 5 nitrogen and oxygen atoms in total. The maximum Gasteiger partial charge on any atom is 0.244 e. The van der Waals surface area contributed by atoms with Gasteiger partial charge in [-0.3, -0.25) is 9.59 Å². The highest BCUT2D eigenvalue weighted by molar-refractivity contribution is 9.10. The number of nitrogens with zero attached hydrogens (tertiary/aromatic N) is 1. The Morgan fingerprint density at radius 3 is 2.42 bits per heavy atom. The van der Waals surface area contributed by atoms with Gasteiger partial charge in [0.15, 0.2) is 0 Å². The fourth-order valence-corrected chi connectivity index (χ4v) is 2.52. The van der Waals surface area contributed by atoms with Gasteiger partial charge in [0.2, 0.25) is 11.8 Å². The number of carbonyl (C=O) groups is 2. The zero-order chi connectivity index (χ0) is 17.7. The van der Waals surface area contributed by atoms with Crippen LogP contribution < -0.4 is 15.0 Å². The molecule has 0 heterocycles. The highest BCUT2D eigenvalue weighted by Crippen LogP contribution is 2.25. The summed E-state index contributed by atoms with van der Waals surface area (Å²) in [6.45, 7) is 3.29. The number of ether oxygens (including phenoxy) is 1. The van der Waals surface area contributed by atoms with Crippen LogP contribution in [0.1, 0.15) is 12.5 Å². The number of carbonyl (C=O) groups excluding carboxylic acids is 2. The van der Waals surface area contributed by atoms with Gasteiger partial charge in [-0.1, -0.05) is 22.0 Å². The van der Waals surface area contributed by atoms with E-state index in [0.29, 0.717) is 17.1 Å². The normalized spacial score (nSPS) is 10.2. The Hall–Kier alpha value is -2.34. The van der Waals surface area contributed by atoms with E-state index in [1.165, 1.54) is 11.8 Å². The predicted molar refractivity (Wildman–Crippen MR) is 98.5 cm³/mol. The second kappa shape index (κ2) is 7.97. The van der Waals surface area contributed by atoms with Crippen LogP contribution in [0.4, 0.5) is 11.4 Å². The minimum atomic E-state index is -0.294. The maximum atomic E-state index is 12.4. The number of hydrogen-bond donors (Lipinski definition) is 1. The first-order valence-corrected chi connectivity index (χ1v) is 8.18. The van der Waals surface area contributed by atoms with E-state index in [4.69, 9.17) is 4.74 Å². The summed E-state index contributed by atoms with van der Waals surface area (Å²) in [5.41, 5.74) is 2.25. The molecule has 0 saturated heterocycles. The number of methoxy groups -OCH3 is 1. The summed E-state index contributed by atoms with van der Waals surface area (Å²) in [4.78, 5) is 25.7. The lowest BCUT2D eigenvalue weighted by Gasteiger charge is -2.21. The van der Waals surface area contributed by atoms with Crippen molar-refractivity contribution in [2.24, 2.45) is 0 Å². The molecule has 0 atom stereocenters. The molecular weight excluding hydrogens is 372 g/mol. The summed E-state index contributed by atoms with van der Waals surface area (Å²) in [5, 5.41) is 2.80. The summed E-state index contributed by atoms with van der Waals surface area (Å²) >= 11 is 3.35. The van der Waals surface area contributed by atoms with Gasteiger partial charge in [-0.25, -0.2) is 0 Å². The molecule has 126 valence electrons. The molecule has 0 bridgehead atoms. The SMILES string of the molecule is COc1ccc(C)cc1NC(=O)CN(C(C)=O)c1ccc(Br)cc1. The largest absolute Gasteiger partial charge is 0.495 e. The first-order valence-electron chi connectivity index (χ1n) is 7.39.